The first-order chi connectivity index (χ1) is 13.9. The van der Waals surface area contributed by atoms with Crippen LogP contribution >= 0.6 is 11.3 Å². The van der Waals surface area contributed by atoms with E-state index < -0.39 is 17.8 Å². The lowest BCUT2D eigenvalue weighted by Crippen LogP contribution is -2.40. The molecule has 0 saturated heterocycles. The Kier molecular flexibility index (Phi) is 4.91. The summed E-state index contributed by atoms with van der Waals surface area (Å²) >= 11 is 1.35. The number of alkyl halides is 3. The van der Waals surface area contributed by atoms with Crippen molar-refractivity contribution in [1.82, 2.24) is 4.98 Å². The highest BCUT2D eigenvalue weighted by Crippen LogP contribution is 2.43. The number of hydrogen-bond acceptors (Lipinski definition) is 4. The van der Waals surface area contributed by atoms with Crippen LogP contribution in [0.2, 0.25) is 0 Å². The van der Waals surface area contributed by atoms with E-state index in [2.05, 4.69) is 4.98 Å². The molecular weight excluding hydrogens is 403 g/mol. The van der Waals surface area contributed by atoms with Gasteiger partial charge in [0.25, 0.3) is 0 Å². The standard InChI is InChI=1S/C20H16F3N3O2S/c1-28-16-11-13-7-9-25(15(13)12-14(16)20(21,22)23)19(27)26(18-6-4-10-29-18)17-5-2-3-8-24-17/h2-6,8,10-12H,7,9H2,1H3. The predicted octanol–water partition coefficient (Wildman–Crippen LogP) is 5.49. The summed E-state index contributed by atoms with van der Waals surface area (Å²) in [5.74, 6) is 0.156. The molecule has 3 heterocycles. The normalized spacial score (nSPS) is 13.3. The van der Waals surface area contributed by atoms with Crippen molar-refractivity contribution in [3.63, 3.8) is 0 Å². The topological polar surface area (TPSA) is 45.7 Å². The van der Waals surface area contributed by atoms with Gasteiger partial charge in [-0.25, -0.2) is 14.7 Å². The molecule has 2 amide bonds. The van der Waals surface area contributed by atoms with Crippen molar-refractivity contribution in [2.45, 2.75) is 12.6 Å². The second-order valence-electron chi connectivity index (χ2n) is 6.34. The molecule has 4 rings (SSSR count). The Labute approximate surface area is 169 Å². The van der Waals surface area contributed by atoms with Gasteiger partial charge in [-0.1, -0.05) is 6.07 Å². The predicted molar refractivity (Wildman–Crippen MR) is 105 cm³/mol. The summed E-state index contributed by atoms with van der Waals surface area (Å²) < 4.78 is 45.4. The lowest BCUT2D eigenvalue weighted by atomic mass is 10.1. The van der Waals surface area contributed by atoms with Crippen molar-refractivity contribution in [1.29, 1.82) is 0 Å². The van der Waals surface area contributed by atoms with Gasteiger partial charge in [-0.15, -0.1) is 11.3 Å². The van der Waals surface area contributed by atoms with Gasteiger partial charge in [0, 0.05) is 18.4 Å². The highest BCUT2D eigenvalue weighted by molar-refractivity contribution is 7.14. The van der Waals surface area contributed by atoms with E-state index in [9.17, 15) is 18.0 Å². The average molecular weight is 419 g/mol. The van der Waals surface area contributed by atoms with Crippen molar-refractivity contribution in [2.75, 3.05) is 23.5 Å². The van der Waals surface area contributed by atoms with Crippen molar-refractivity contribution in [2.24, 2.45) is 0 Å². The molecule has 1 aliphatic heterocycles. The van der Waals surface area contributed by atoms with Gasteiger partial charge in [0.1, 0.15) is 16.6 Å². The molecule has 29 heavy (non-hydrogen) atoms. The van der Waals surface area contributed by atoms with E-state index >= 15 is 0 Å². The molecule has 9 heteroatoms. The van der Waals surface area contributed by atoms with Gasteiger partial charge in [0.2, 0.25) is 0 Å². The van der Waals surface area contributed by atoms with Crippen LogP contribution in [0.15, 0.2) is 54.0 Å². The van der Waals surface area contributed by atoms with E-state index in [4.69, 9.17) is 4.74 Å². The summed E-state index contributed by atoms with van der Waals surface area (Å²) in [5.41, 5.74) is -0.0325. The minimum absolute atomic E-state index is 0.237. The number of carbonyl (C=O) groups is 1. The Hall–Kier alpha value is -3.07. The first kappa shape index (κ1) is 19.3. The Morgan fingerprint density at radius 2 is 2.07 bits per heavy atom. The molecule has 0 radical (unpaired) electrons. The first-order valence-corrected chi connectivity index (χ1v) is 9.62. The van der Waals surface area contributed by atoms with Gasteiger partial charge in [0.05, 0.1) is 12.7 Å². The fourth-order valence-electron chi connectivity index (χ4n) is 3.31. The zero-order chi connectivity index (χ0) is 20.6. The van der Waals surface area contributed by atoms with Gasteiger partial charge in [0.15, 0.2) is 0 Å². The van der Waals surface area contributed by atoms with Crippen LogP contribution in [-0.4, -0.2) is 24.7 Å². The van der Waals surface area contributed by atoms with Crippen molar-refractivity contribution < 1.29 is 22.7 Å². The van der Waals surface area contributed by atoms with E-state index in [1.54, 1.807) is 36.5 Å². The second-order valence-corrected chi connectivity index (χ2v) is 7.26. The van der Waals surface area contributed by atoms with Crippen LogP contribution < -0.4 is 14.5 Å². The highest BCUT2D eigenvalue weighted by atomic mass is 32.1. The minimum atomic E-state index is -4.59. The molecule has 0 atom stereocenters. The molecule has 150 valence electrons. The van der Waals surface area contributed by atoms with E-state index in [0.717, 1.165) is 6.07 Å². The summed E-state index contributed by atoms with van der Waals surface area (Å²) in [7, 11) is 1.20. The number of aromatic nitrogens is 1. The Morgan fingerprint density at radius 3 is 2.69 bits per heavy atom. The molecule has 3 aromatic rings. The van der Waals surface area contributed by atoms with Gasteiger partial charge in [-0.2, -0.15) is 13.2 Å². The SMILES string of the molecule is COc1cc2c(cc1C(F)(F)F)N(C(=O)N(c1ccccn1)c1cccs1)CC2. The Balaban J connectivity index is 1.77. The summed E-state index contributed by atoms with van der Waals surface area (Å²) in [4.78, 5) is 20.5. The molecule has 0 fully saturated rings. The number of methoxy groups -OCH3 is 1. The molecule has 0 bridgehead atoms. The smallest absolute Gasteiger partial charge is 0.420 e. The maximum atomic E-state index is 13.5. The van der Waals surface area contributed by atoms with Gasteiger partial charge >= 0.3 is 12.2 Å². The quantitative estimate of drug-likeness (QED) is 0.564. The van der Waals surface area contributed by atoms with Crippen LogP contribution in [-0.2, 0) is 12.6 Å². The maximum absolute atomic E-state index is 13.5. The average Bonchev–Trinajstić information content (AvgIpc) is 3.37. The van der Waals surface area contributed by atoms with Gasteiger partial charge in [-0.05, 0) is 53.8 Å². The summed E-state index contributed by atoms with van der Waals surface area (Å²) in [6.45, 7) is 0.271. The third kappa shape index (κ3) is 3.53. The zero-order valence-electron chi connectivity index (χ0n) is 15.3. The highest BCUT2D eigenvalue weighted by Gasteiger charge is 2.38. The largest absolute Gasteiger partial charge is 0.496 e. The number of carbonyl (C=O) groups excluding carboxylic acids is 1. The number of thiophene rings is 1. The molecular formula is C20H16F3N3O2S. The van der Waals surface area contributed by atoms with Crippen LogP contribution in [0.3, 0.4) is 0 Å². The number of amides is 2. The zero-order valence-corrected chi connectivity index (χ0v) is 16.1. The summed E-state index contributed by atoms with van der Waals surface area (Å²) in [5, 5.41) is 2.45. The molecule has 5 nitrogen and oxygen atoms in total. The number of pyridine rings is 1. The fourth-order valence-corrected chi connectivity index (χ4v) is 4.04. The molecule has 0 saturated carbocycles. The second kappa shape index (κ2) is 7.40. The van der Waals surface area contributed by atoms with Crippen molar-refractivity contribution in [3.8, 4) is 5.75 Å². The van der Waals surface area contributed by atoms with Gasteiger partial charge in [-0.3, -0.25) is 4.90 Å². The number of fused-ring (bicyclic) bond motifs is 1. The van der Waals surface area contributed by atoms with E-state index in [1.807, 2.05) is 5.38 Å². The van der Waals surface area contributed by atoms with Crippen LogP contribution in [0.25, 0.3) is 0 Å². The molecule has 1 aromatic carbocycles. The van der Waals surface area contributed by atoms with E-state index in [1.165, 1.54) is 34.3 Å². The van der Waals surface area contributed by atoms with Crippen LogP contribution in [0.1, 0.15) is 11.1 Å². The van der Waals surface area contributed by atoms with Crippen LogP contribution in [0.5, 0.6) is 5.75 Å². The number of ether oxygens (including phenoxy) is 1. The third-order valence-electron chi connectivity index (χ3n) is 4.63. The number of urea groups is 1. The minimum Gasteiger partial charge on any atom is -0.496 e. The number of anilines is 3. The molecule has 0 N–H and O–H groups in total. The monoisotopic (exact) mass is 419 g/mol. The molecule has 1 aliphatic rings. The van der Waals surface area contributed by atoms with Crippen molar-refractivity contribution >= 4 is 33.9 Å². The lowest BCUT2D eigenvalue weighted by molar-refractivity contribution is -0.138. The number of nitrogens with zero attached hydrogens (tertiary/aromatic N) is 3. The lowest BCUT2D eigenvalue weighted by Gasteiger charge is -2.27. The van der Waals surface area contributed by atoms with Crippen LogP contribution in [0, 0.1) is 0 Å². The van der Waals surface area contributed by atoms with E-state index in [0.29, 0.717) is 22.8 Å². The molecule has 0 aliphatic carbocycles. The number of hydrogen-bond donors (Lipinski definition) is 0. The summed E-state index contributed by atoms with van der Waals surface area (Å²) in [6, 6.07) is 10.6. The Bertz CT molecular complexity index is 1020. The third-order valence-corrected chi connectivity index (χ3v) is 5.48. The molecule has 0 spiro atoms. The van der Waals surface area contributed by atoms with Crippen LogP contribution in [0.4, 0.5) is 34.5 Å². The number of benzene rings is 1. The number of rotatable bonds is 3. The van der Waals surface area contributed by atoms with Crippen molar-refractivity contribution in [3.05, 3.63) is 65.2 Å². The molecule has 2 aromatic heterocycles. The first-order valence-electron chi connectivity index (χ1n) is 8.74. The van der Waals surface area contributed by atoms with E-state index in [-0.39, 0.29) is 18.0 Å². The van der Waals surface area contributed by atoms with Gasteiger partial charge < -0.3 is 4.74 Å². The fraction of sp³-hybridized carbons (Fsp3) is 0.200. The maximum Gasteiger partial charge on any atom is 0.420 e. The molecule has 0 unspecified atom stereocenters. The Morgan fingerprint density at radius 1 is 1.24 bits per heavy atom. The summed E-state index contributed by atoms with van der Waals surface area (Å²) in [6.07, 6.45) is -2.59. The number of halogens is 3.